The van der Waals surface area contributed by atoms with Crippen molar-refractivity contribution in [2.75, 3.05) is 25.6 Å². The van der Waals surface area contributed by atoms with Crippen LogP contribution < -0.4 is 10.6 Å². The number of hydrogen-bond acceptors (Lipinski definition) is 4. The lowest BCUT2D eigenvalue weighted by Crippen LogP contribution is -2.37. The Bertz CT molecular complexity index is 446. The van der Waals surface area contributed by atoms with Gasteiger partial charge in [-0.25, -0.2) is 0 Å². The Morgan fingerprint density at radius 2 is 2.06 bits per heavy atom. The third kappa shape index (κ3) is 4.06. The number of phenolic OH excluding ortho intramolecular Hbond substituents is 1. The van der Waals surface area contributed by atoms with E-state index < -0.39 is 11.8 Å². The summed E-state index contributed by atoms with van der Waals surface area (Å²) in [4.78, 5) is 22.8. The van der Waals surface area contributed by atoms with Gasteiger partial charge in [0.2, 0.25) is 0 Å². The summed E-state index contributed by atoms with van der Waals surface area (Å²) < 4.78 is 4.74. The molecule has 0 aromatic heterocycles. The Labute approximate surface area is 105 Å². The number of carbonyl (C=O) groups excluding carboxylic acids is 2. The van der Waals surface area contributed by atoms with E-state index in [0.29, 0.717) is 6.61 Å². The molecule has 0 fully saturated rings. The maximum absolute atomic E-state index is 11.5. The highest BCUT2D eigenvalue weighted by atomic mass is 16.5. The molecule has 0 spiro atoms. The van der Waals surface area contributed by atoms with Crippen LogP contribution in [0.1, 0.15) is 5.56 Å². The molecule has 0 atom stereocenters. The van der Waals surface area contributed by atoms with E-state index >= 15 is 0 Å². The summed E-state index contributed by atoms with van der Waals surface area (Å²) in [5.41, 5.74) is 1.06. The second kappa shape index (κ2) is 6.61. The molecule has 1 aromatic rings. The highest BCUT2D eigenvalue weighted by Gasteiger charge is 2.14. The molecule has 0 aliphatic heterocycles. The predicted molar refractivity (Wildman–Crippen MR) is 66.4 cm³/mol. The van der Waals surface area contributed by atoms with E-state index in [9.17, 15) is 14.7 Å². The van der Waals surface area contributed by atoms with Crippen molar-refractivity contribution in [2.24, 2.45) is 0 Å². The third-order valence-electron chi connectivity index (χ3n) is 2.20. The zero-order valence-electron chi connectivity index (χ0n) is 10.3. The van der Waals surface area contributed by atoms with Crippen LogP contribution in [0, 0.1) is 6.92 Å². The maximum atomic E-state index is 11.5. The Morgan fingerprint density at radius 1 is 1.33 bits per heavy atom. The average molecular weight is 252 g/mol. The summed E-state index contributed by atoms with van der Waals surface area (Å²) in [6.07, 6.45) is 0. The number of nitrogens with one attached hydrogen (secondary N) is 2. The van der Waals surface area contributed by atoms with Gasteiger partial charge in [0.1, 0.15) is 5.75 Å². The summed E-state index contributed by atoms with van der Waals surface area (Å²) in [7, 11) is 1.50. The highest BCUT2D eigenvalue weighted by Crippen LogP contribution is 2.23. The summed E-state index contributed by atoms with van der Waals surface area (Å²) in [6.45, 7) is 2.39. The van der Waals surface area contributed by atoms with Gasteiger partial charge in [0.15, 0.2) is 0 Å². The molecular formula is C12H16N2O4. The van der Waals surface area contributed by atoms with Gasteiger partial charge in [-0.1, -0.05) is 6.07 Å². The van der Waals surface area contributed by atoms with Gasteiger partial charge in [0.05, 0.1) is 12.3 Å². The molecule has 6 heteroatoms. The lowest BCUT2D eigenvalue weighted by atomic mass is 10.2. The van der Waals surface area contributed by atoms with Gasteiger partial charge in [0, 0.05) is 13.7 Å². The number of aryl methyl sites for hydroxylation is 1. The van der Waals surface area contributed by atoms with Crippen LogP contribution >= 0.6 is 0 Å². The number of hydrogen-bond donors (Lipinski definition) is 3. The lowest BCUT2D eigenvalue weighted by Gasteiger charge is -2.08. The normalized spacial score (nSPS) is 9.89. The highest BCUT2D eigenvalue weighted by molar-refractivity contribution is 6.39. The van der Waals surface area contributed by atoms with Gasteiger partial charge < -0.3 is 20.5 Å². The van der Waals surface area contributed by atoms with Gasteiger partial charge >= 0.3 is 11.8 Å². The van der Waals surface area contributed by atoms with Crippen LogP contribution in [-0.4, -0.2) is 37.2 Å². The second-order valence-corrected chi connectivity index (χ2v) is 3.72. The minimum absolute atomic E-state index is 0.0759. The summed E-state index contributed by atoms with van der Waals surface area (Å²) in [5.74, 6) is -1.68. The summed E-state index contributed by atoms with van der Waals surface area (Å²) in [6, 6.07) is 4.75. The zero-order valence-corrected chi connectivity index (χ0v) is 10.3. The lowest BCUT2D eigenvalue weighted by molar-refractivity contribution is -0.136. The van der Waals surface area contributed by atoms with Crippen molar-refractivity contribution >= 4 is 17.5 Å². The molecule has 98 valence electrons. The van der Waals surface area contributed by atoms with Crippen LogP contribution in [-0.2, 0) is 14.3 Å². The van der Waals surface area contributed by atoms with E-state index in [1.807, 2.05) is 6.92 Å². The average Bonchev–Trinajstić information content (AvgIpc) is 2.32. The number of amides is 2. The SMILES string of the molecule is COCCNC(=O)C(=O)Nc1ccc(C)cc1O. The first-order valence-corrected chi connectivity index (χ1v) is 5.42. The Hall–Kier alpha value is -2.08. The molecule has 0 saturated heterocycles. The fraction of sp³-hybridized carbons (Fsp3) is 0.333. The zero-order chi connectivity index (χ0) is 13.5. The third-order valence-corrected chi connectivity index (χ3v) is 2.20. The van der Waals surface area contributed by atoms with Crippen LogP contribution in [0.15, 0.2) is 18.2 Å². The van der Waals surface area contributed by atoms with Gasteiger partial charge in [-0.15, -0.1) is 0 Å². The molecule has 0 heterocycles. The van der Waals surface area contributed by atoms with E-state index in [4.69, 9.17) is 4.74 Å². The number of anilines is 1. The predicted octanol–water partition coefficient (Wildman–Crippen LogP) is 0.402. The van der Waals surface area contributed by atoms with E-state index in [0.717, 1.165) is 5.56 Å². The van der Waals surface area contributed by atoms with Crippen molar-refractivity contribution < 1.29 is 19.4 Å². The molecule has 0 aliphatic carbocycles. The minimum atomic E-state index is -0.828. The molecule has 1 aromatic carbocycles. The van der Waals surface area contributed by atoms with Crippen LogP contribution in [0.5, 0.6) is 5.75 Å². The standard InChI is InChI=1S/C12H16N2O4/c1-8-3-4-9(10(15)7-8)14-12(17)11(16)13-5-6-18-2/h3-4,7,15H,5-6H2,1-2H3,(H,13,16)(H,14,17). The van der Waals surface area contributed by atoms with E-state index in [1.165, 1.54) is 19.2 Å². The number of benzene rings is 1. The Morgan fingerprint density at radius 3 is 2.67 bits per heavy atom. The van der Waals surface area contributed by atoms with Gasteiger partial charge in [-0.2, -0.15) is 0 Å². The molecule has 0 aliphatic rings. The van der Waals surface area contributed by atoms with Crippen molar-refractivity contribution in [1.82, 2.24) is 5.32 Å². The molecule has 0 bridgehead atoms. The number of methoxy groups -OCH3 is 1. The molecular weight excluding hydrogens is 236 g/mol. The van der Waals surface area contributed by atoms with Crippen molar-refractivity contribution in [1.29, 1.82) is 0 Å². The van der Waals surface area contributed by atoms with Crippen LogP contribution in [0.2, 0.25) is 0 Å². The molecule has 0 radical (unpaired) electrons. The summed E-state index contributed by atoms with van der Waals surface area (Å²) >= 11 is 0. The topological polar surface area (TPSA) is 87.7 Å². The molecule has 3 N–H and O–H groups in total. The summed E-state index contributed by atoms with van der Waals surface area (Å²) in [5, 5.41) is 14.3. The monoisotopic (exact) mass is 252 g/mol. The Kier molecular flexibility index (Phi) is 5.13. The van der Waals surface area contributed by atoms with Crippen molar-refractivity contribution in [2.45, 2.75) is 6.92 Å². The first-order valence-electron chi connectivity index (χ1n) is 5.42. The molecule has 0 saturated carbocycles. The molecule has 18 heavy (non-hydrogen) atoms. The fourth-order valence-corrected chi connectivity index (χ4v) is 1.27. The van der Waals surface area contributed by atoms with Crippen molar-refractivity contribution in [3.05, 3.63) is 23.8 Å². The number of aromatic hydroxyl groups is 1. The van der Waals surface area contributed by atoms with E-state index in [-0.39, 0.29) is 18.0 Å². The Balaban J connectivity index is 2.56. The van der Waals surface area contributed by atoms with E-state index in [2.05, 4.69) is 10.6 Å². The maximum Gasteiger partial charge on any atom is 0.313 e. The van der Waals surface area contributed by atoms with Crippen LogP contribution in [0.4, 0.5) is 5.69 Å². The molecule has 6 nitrogen and oxygen atoms in total. The van der Waals surface area contributed by atoms with Gasteiger partial charge in [-0.3, -0.25) is 9.59 Å². The first kappa shape index (κ1) is 14.0. The fourth-order valence-electron chi connectivity index (χ4n) is 1.27. The second-order valence-electron chi connectivity index (χ2n) is 3.72. The van der Waals surface area contributed by atoms with Crippen molar-refractivity contribution in [3.63, 3.8) is 0 Å². The molecule has 1 rings (SSSR count). The minimum Gasteiger partial charge on any atom is -0.506 e. The quantitative estimate of drug-likeness (QED) is 0.411. The number of phenols is 1. The molecule has 0 unspecified atom stereocenters. The smallest absolute Gasteiger partial charge is 0.313 e. The molecule has 2 amide bonds. The number of ether oxygens (including phenoxy) is 1. The van der Waals surface area contributed by atoms with Crippen LogP contribution in [0.25, 0.3) is 0 Å². The van der Waals surface area contributed by atoms with Crippen LogP contribution in [0.3, 0.4) is 0 Å². The van der Waals surface area contributed by atoms with Gasteiger partial charge in [-0.05, 0) is 24.6 Å². The number of rotatable bonds is 4. The largest absolute Gasteiger partial charge is 0.506 e. The van der Waals surface area contributed by atoms with Crippen molar-refractivity contribution in [3.8, 4) is 5.75 Å². The first-order chi connectivity index (χ1) is 8.54. The van der Waals surface area contributed by atoms with Gasteiger partial charge in [0.25, 0.3) is 0 Å². The number of carbonyl (C=O) groups is 2. The van der Waals surface area contributed by atoms with E-state index in [1.54, 1.807) is 6.07 Å².